The molecule has 0 amide bonds. The molecule has 2 heterocycles. The molecule has 3 nitrogen and oxygen atoms in total. The Kier molecular flexibility index (Phi) is 3.75. The summed E-state index contributed by atoms with van der Waals surface area (Å²) in [5, 5.41) is 7.96. The average Bonchev–Trinajstić information content (AvgIpc) is 3.19. The molecule has 0 saturated carbocycles. The molecule has 1 aromatic heterocycles. The van der Waals surface area contributed by atoms with Gasteiger partial charge in [0.1, 0.15) is 5.82 Å². The topological polar surface area (TPSA) is 29.9 Å². The Morgan fingerprint density at radius 2 is 1.72 bits per heavy atom. The van der Waals surface area contributed by atoms with Gasteiger partial charge in [-0.25, -0.2) is 4.68 Å². The molecule has 3 aromatic rings. The molecule has 0 aliphatic carbocycles. The van der Waals surface area contributed by atoms with Crippen LogP contribution in [0.4, 0.5) is 19.0 Å². The SMILES string of the molecule is FC(F)(F)c1ccc(-n2nc(Cc3ccccc3)c3c2NCC3)cc1. The van der Waals surface area contributed by atoms with Crippen LogP contribution in [0.5, 0.6) is 0 Å². The zero-order valence-corrected chi connectivity index (χ0v) is 13.3. The van der Waals surface area contributed by atoms with Crippen molar-refractivity contribution in [2.45, 2.75) is 19.0 Å². The van der Waals surface area contributed by atoms with E-state index in [1.807, 2.05) is 30.3 Å². The lowest BCUT2D eigenvalue weighted by molar-refractivity contribution is -0.137. The lowest BCUT2D eigenvalue weighted by Gasteiger charge is -2.09. The molecule has 0 bridgehead atoms. The zero-order valence-electron chi connectivity index (χ0n) is 13.3. The van der Waals surface area contributed by atoms with Crippen LogP contribution in [-0.4, -0.2) is 16.3 Å². The van der Waals surface area contributed by atoms with Gasteiger partial charge in [-0.05, 0) is 36.2 Å². The lowest BCUT2D eigenvalue weighted by atomic mass is 10.1. The van der Waals surface area contributed by atoms with Gasteiger partial charge in [-0.1, -0.05) is 30.3 Å². The van der Waals surface area contributed by atoms with Crippen LogP contribution in [0, 0.1) is 0 Å². The Balaban J connectivity index is 1.70. The number of rotatable bonds is 3. The minimum Gasteiger partial charge on any atom is -0.369 e. The van der Waals surface area contributed by atoms with E-state index in [0.717, 1.165) is 47.7 Å². The number of nitrogens with one attached hydrogen (secondary N) is 1. The Morgan fingerprint density at radius 1 is 1.00 bits per heavy atom. The van der Waals surface area contributed by atoms with Gasteiger partial charge in [0.05, 0.1) is 16.9 Å². The second-order valence-corrected chi connectivity index (χ2v) is 6.07. The fourth-order valence-corrected chi connectivity index (χ4v) is 3.16. The van der Waals surface area contributed by atoms with Crippen molar-refractivity contribution >= 4 is 5.82 Å². The fourth-order valence-electron chi connectivity index (χ4n) is 3.16. The van der Waals surface area contributed by atoms with Crippen molar-refractivity contribution in [3.8, 4) is 5.69 Å². The van der Waals surface area contributed by atoms with Gasteiger partial charge in [0.15, 0.2) is 0 Å². The quantitative estimate of drug-likeness (QED) is 0.761. The molecule has 1 aliphatic heterocycles. The molecule has 2 aromatic carbocycles. The van der Waals surface area contributed by atoms with E-state index >= 15 is 0 Å². The van der Waals surface area contributed by atoms with Crippen LogP contribution in [-0.2, 0) is 19.0 Å². The maximum atomic E-state index is 12.8. The number of hydrogen-bond acceptors (Lipinski definition) is 2. The van der Waals surface area contributed by atoms with E-state index in [1.54, 1.807) is 4.68 Å². The second kappa shape index (κ2) is 5.95. The van der Waals surface area contributed by atoms with Gasteiger partial charge < -0.3 is 5.32 Å². The monoisotopic (exact) mass is 343 g/mol. The molecular formula is C19H16F3N3. The standard InChI is InChI=1S/C19H16F3N3/c20-19(21,22)14-6-8-15(9-7-14)25-18-16(10-11-23-18)17(24-25)12-13-4-2-1-3-5-13/h1-9,23H,10-12H2. The van der Waals surface area contributed by atoms with Crippen LogP contribution in [0.15, 0.2) is 54.6 Å². The summed E-state index contributed by atoms with van der Waals surface area (Å²) in [6.45, 7) is 0.815. The Morgan fingerprint density at radius 3 is 2.40 bits per heavy atom. The molecule has 25 heavy (non-hydrogen) atoms. The highest BCUT2D eigenvalue weighted by molar-refractivity contribution is 5.57. The van der Waals surface area contributed by atoms with Crippen LogP contribution >= 0.6 is 0 Å². The van der Waals surface area contributed by atoms with E-state index in [1.165, 1.54) is 12.1 Å². The van der Waals surface area contributed by atoms with Crippen molar-refractivity contribution in [3.05, 3.63) is 77.0 Å². The third-order valence-electron chi connectivity index (χ3n) is 4.39. The van der Waals surface area contributed by atoms with Gasteiger partial charge in [0.25, 0.3) is 0 Å². The summed E-state index contributed by atoms with van der Waals surface area (Å²) in [6.07, 6.45) is -2.75. The summed E-state index contributed by atoms with van der Waals surface area (Å²) < 4.78 is 40.0. The molecule has 0 radical (unpaired) electrons. The van der Waals surface area contributed by atoms with Crippen molar-refractivity contribution in [3.63, 3.8) is 0 Å². The molecule has 1 aliphatic rings. The van der Waals surface area contributed by atoms with Crippen molar-refractivity contribution in [2.24, 2.45) is 0 Å². The highest BCUT2D eigenvalue weighted by atomic mass is 19.4. The number of nitrogens with zero attached hydrogens (tertiary/aromatic N) is 2. The predicted octanol–water partition coefficient (Wildman–Crippen LogP) is 4.45. The molecule has 0 unspecified atom stereocenters. The smallest absolute Gasteiger partial charge is 0.369 e. The molecule has 6 heteroatoms. The molecule has 4 rings (SSSR count). The number of alkyl halides is 3. The number of fused-ring (bicyclic) bond motifs is 1. The minimum absolute atomic E-state index is 0.623. The number of aromatic nitrogens is 2. The molecule has 0 spiro atoms. The van der Waals surface area contributed by atoms with Gasteiger partial charge in [0, 0.05) is 18.5 Å². The highest BCUT2D eigenvalue weighted by Gasteiger charge is 2.30. The van der Waals surface area contributed by atoms with E-state index in [4.69, 9.17) is 0 Å². The van der Waals surface area contributed by atoms with Crippen molar-refractivity contribution in [1.29, 1.82) is 0 Å². The van der Waals surface area contributed by atoms with E-state index in [2.05, 4.69) is 10.4 Å². The molecule has 0 saturated heterocycles. The molecule has 0 fully saturated rings. The number of halogens is 3. The van der Waals surface area contributed by atoms with Crippen LogP contribution in [0.2, 0.25) is 0 Å². The van der Waals surface area contributed by atoms with E-state index in [0.29, 0.717) is 12.1 Å². The third kappa shape index (κ3) is 2.99. The second-order valence-electron chi connectivity index (χ2n) is 6.07. The summed E-state index contributed by atoms with van der Waals surface area (Å²) >= 11 is 0. The molecular weight excluding hydrogens is 327 g/mol. The lowest BCUT2D eigenvalue weighted by Crippen LogP contribution is -2.07. The summed E-state index contributed by atoms with van der Waals surface area (Å²) in [4.78, 5) is 0. The largest absolute Gasteiger partial charge is 0.416 e. The number of hydrogen-bond donors (Lipinski definition) is 1. The van der Waals surface area contributed by atoms with Gasteiger partial charge >= 0.3 is 6.18 Å². The fraction of sp³-hybridized carbons (Fsp3) is 0.211. The van der Waals surface area contributed by atoms with Crippen LogP contribution in [0.25, 0.3) is 5.69 Å². The first-order valence-electron chi connectivity index (χ1n) is 8.08. The molecule has 0 atom stereocenters. The van der Waals surface area contributed by atoms with E-state index < -0.39 is 11.7 Å². The maximum Gasteiger partial charge on any atom is 0.416 e. The minimum atomic E-state index is -4.33. The van der Waals surface area contributed by atoms with Gasteiger partial charge in [-0.15, -0.1) is 0 Å². The summed E-state index contributed by atoms with van der Waals surface area (Å²) in [7, 11) is 0. The van der Waals surface area contributed by atoms with Crippen LogP contribution in [0.3, 0.4) is 0 Å². The van der Waals surface area contributed by atoms with E-state index in [9.17, 15) is 13.2 Å². The van der Waals surface area contributed by atoms with Crippen LogP contribution in [0.1, 0.15) is 22.4 Å². The first-order valence-corrected chi connectivity index (χ1v) is 8.08. The first-order chi connectivity index (χ1) is 12.0. The van der Waals surface area contributed by atoms with E-state index in [-0.39, 0.29) is 0 Å². The molecule has 128 valence electrons. The first kappa shape index (κ1) is 15.7. The summed E-state index contributed by atoms with van der Waals surface area (Å²) in [5.74, 6) is 0.880. The number of benzene rings is 2. The highest BCUT2D eigenvalue weighted by Crippen LogP contribution is 2.32. The zero-order chi connectivity index (χ0) is 17.4. The maximum absolute atomic E-state index is 12.8. The van der Waals surface area contributed by atoms with Crippen molar-refractivity contribution < 1.29 is 13.2 Å². The van der Waals surface area contributed by atoms with Gasteiger partial charge in [-0.2, -0.15) is 18.3 Å². The summed E-state index contributed by atoms with van der Waals surface area (Å²) in [5.41, 5.74) is 3.24. The predicted molar refractivity (Wildman–Crippen MR) is 90.0 cm³/mol. The summed E-state index contributed by atoms with van der Waals surface area (Å²) in [6, 6.07) is 15.1. The Bertz CT molecular complexity index is 881. The van der Waals surface area contributed by atoms with Gasteiger partial charge in [-0.3, -0.25) is 0 Å². The van der Waals surface area contributed by atoms with Gasteiger partial charge in [0.2, 0.25) is 0 Å². The number of anilines is 1. The third-order valence-corrected chi connectivity index (χ3v) is 4.39. The van der Waals surface area contributed by atoms with Crippen molar-refractivity contribution in [1.82, 2.24) is 9.78 Å². The average molecular weight is 343 g/mol. The van der Waals surface area contributed by atoms with Crippen LogP contribution < -0.4 is 5.32 Å². The Labute approximate surface area is 143 Å². The Hall–Kier alpha value is -2.76. The normalized spacial score (nSPS) is 13.6. The molecule has 1 N–H and O–H groups in total. The van der Waals surface area contributed by atoms with Crippen molar-refractivity contribution in [2.75, 3.05) is 11.9 Å².